The van der Waals surface area contributed by atoms with Crippen molar-refractivity contribution in [2.24, 2.45) is 0 Å². The predicted octanol–water partition coefficient (Wildman–Crippen LogP) is 9.18. The van der Waals surface area contributed by atoms with Gasteiger partial charge in [0.05, 0.1) is 28.1 Å². The van der Waals surface area contributed by atoms with E-state index in [-0.39, 0.29) is 0 Å². The number of hydrogen-bond acceptors (Lipinski definition) is 2. The van der Waals surface area contributed by atoms with Crippen LogP contribution in [0.2, 0.25) is 0 Å². The van der Waals surface area contributed by atoms with Crippen molar-refractivity contribution < 1.29 is 71.1 Å². The van der Waals surface area contributed by atoms with E-state index in [1.807, 2.05) is 5.32 Å². The smallest absolute Gasteiger partial charge is 0.320 e. The van der Waals surface area contributed by atoms with E-state index in [2.05, 4.69) is 15.9 Å². The molecule has 1 atom stereocenters. The molecule has 0 bridgehead atoms. The van der Waals surface area contributed by atoms with Gasteiger partial charge in [-0.3, -0.25) is 9.59 Å². The largest absolute Gasteiger partial charge is 0.457 e. The normalized spacial score (nSPS) is 14.2. The Hall–Kier alpha value is -3.90. The number of hydrogen-bond donors (Lipinski definition) is 2. The first-order valence-corrected chi connectivity index (χ1v) is 12.0. The summed E-state index contributed by atoms with van der Waals surface area (Å²) in [5.74, 6) is -13.0. The zero-order valence-corrected chi connectivity index (χ0v) is 22.3. The lowest BCUT2D eigenvalue weighted by Gasteiger charge is -2.36. The molecular formula is C25H11BrF14N2O2. The number of alkyl halides is 12. The number of halogens is 15. The van der Waals surface area contributed by atoms with Crippen LogP contribution in [0.1, 0.15) is 31.8 Å². The van der Waals surface area contributed by atoms with E-state index < -0.39 is 104 Å². The topological polar surface area (TPSA) is 58.2 Å². The van der Waals surface area contributed by atoms with Gasteiger partial charge in [-0.2, -0.15) is 48.3 Å². The molecule has 3 aromatic carbocycles. The van der Waals surface area contributed by atoms with Crippen molar-refractivity contribution in [2.75, 3.05) is 10.6 Å². The quantitative estimate of drug-likeness (QED) is 0.250. The summed E-state index contributed by atoms with van der Waals surface area (Å²) in [6.07, 6.45) is -20.3. The third-order valence-corrected chi connectivity index (χ3v) is 6.45. The number of carbonyl (C=O) groups is 2. The van der Waals surface area contributed by atoms with Gasteiger partial charge in [-0.05, 0) is 52.3 Å². The van der Waals surface area contributed by atoms with Crippen LogP contribution in [0.4, 0.5) is 72.8 Å². The maximum Gasteiger partial charge on any atom is 0.457 e. The first kappa shape index (κ1) is 34.6. The molecule has 2 amide bonds. The number of amides is 2. The minimum Gasteiger partial charge on any atom is -0.320 e. The van der Waals surface area contributed by atoms with Gasteiger partial charge in [0, 0.05) is 10.0 Å². The number of carbonyl (C=O) groups excluding carboxylic acids is 2. The van der Waals surface area contributed by atoms with Crippen molar-refractivity contribution >= 4 is 39.1 Å². The molecule has 3 rings (SSSR count). The molecule has 0 aliphatic rings. The standard InChI is InChI=1S/C25H11BrF14N2O2/c26-14-9-10(21(29,24(35,36)37)23(33,34)25(38,39)40)8-13(22(30,31)32)18(14)42-20(44)12-5-3-7-16(17(12)28)41-19(43)11-4-1-2-6-15(11)27/h1-9H,(H,41,43)(H,42,44). The van der Waals surface area contributed by atoms with Gasteiger partial charge in [-0.1, -0.05) is 18.2 Å². The van der Waals surface area contributed by atoms with Crippen molar-refractivity contribution in [3.63, 3.8) is 0 Å². The molecule has 0 saturated carbocycles. The number of anilines is 2. The van der Waals surface area contributed by atoms with E-state index in [0.717, 1.165) is 24.3 Å². The van der Waals surface area contributed by atoms with Crippen molar-refractivity contribution in [2.45, 2.75) is 30.1 Å². The lowest BCUT2D eigenvalue weighted by atomic mass is 9.86. The molecule has 0 aromatic heterocycles. The average Bonchev–Trinajstić information content (AvgIpc) is 2.88. The fourth-order valence-electron chi connectivity index (χ4n) is 3.69. The van der Waals surface area contributed by atoms with E-state index in [4.69, 9.17) is 0 Å². The average molecular weight is 717 g/mol. The first-order valence-electron chi connectivity index (χ1n) is 11.2. The highest BCUT2D eigenvalue weighted by Crippen LogP contribution is 2.59. The molecule has 44 heavy (non-hydrogen) atoms. The molecule has 0 fully saturated rings. The number of rotatable bonds is 6. The highest BCUT2D eigenvalue weighted by atomic mass is 79.9. The van der Waals surface area contributed by atoms with Crippen molar-refractivity contribution in [3.05, 3.63) is 93.0 Å². The monoisotopic (exact) mass is 716 g/mol. The van der Waals surface area contributed by atoms with Gasteiger partial charge >= 0.3 is 30.1 Å². The Labute approximate surface area is 244 Å². The Kier molecular flexibility index (Phi) is 9.08. The van der Waals surface area contributed by atoms with Crippen LogP contribution in [0.15, 0.2) is 59.1 Å². The minimum absolute atomic E-state index is 0.501. The van der Waals surface area contributed by atoms with Crippen molar-refractivity contribution in [1.29, 1.82) is 0 Å². The zero-order valence-electron chi connectivity index (χ0n) is 20.7. The fourth-order valence-corrected chi connectivity index (χ4v) is 4.25. The summed E-state index contributed by atoms with van der Waals surface area (Å²) < 4.78 is 190. The van der Waals surface area contributed by atoms with Gasteiger partial charge in [0.2, 0.25) is 0 Å². The highest BCUT2D eigenvalue weighted by Gasteiger charge is 2.82. The molecular weight excluding hydrogens is 706 g/mol. The molecule has 0 radical (unpaired) electrons. The van der Waals surface area contributed by atoms with Gasteiger partial charge < -0.3 is 10.6 Å². The summed E-state index contributed by atoms with van der Waals surface area (Å²) in [6, 6.07) is 5.18. The van der Waals surface area contributed by atoms with Crippen LogP contribution < -0.4 is 10.6 Å². The number of benzene rings is 3. The van der Waals surface area contributed by atoms with E-state index >= 15 is 4.39 Å². The van der Waals surface area contributed by atoms with Crippen LogP contribution in [0.3, 0.4) is 0 Å². The van der Waals surface area contributed by atoms with Crippen LogP contribution in [0, 0.1) is 11.6 Å². The molecule has 2 N–H and O–H groups in total. The van der Waals surface area contributed by atoms with Crippen LogP contribution in [0.5, 0.6) is 0 Å². The second-order valence-electron chi connectivity index (χ2n) is 8.66. The lowest BCUT2D eigenvalue weighted by molar-refractivity contribution is -0.389. The minimum atomic E-state index is -7.30. The van der Waals surface area contributed by atoms with Crippen molar-refractivity contribution in [3.8, 4) is 0 Å². The maximum atomic E-state index is 15.1. The van der Waals surface area contributed by atoms with Crippen LogP contribution >= 0.6 is 15.9 Å². The van der Waals surface area contributed by atoms with Crippen molar-refractivity contribution in [1.82, 2.24) is 0 Å². The molecule has 0 saturated heterocycles. The molecule has 0 spiro atoms. The Morgan fingerprint density at radius 1 is 0.659 bits per heavy atom. The molecule has 19 heteroatoms. The van der Waals surface area contributed by atoms with Crippen LogP contribution in [-0.4, -0.2) is 30.1 Å². The van der Waals surface area contributed by atoms with Gasteiger partial charge in [0.15, 0.2) is 5.82 Å². The SMILES string of the molecule is O=C(Nc1cccc(C(=O)Nc2c(Br)cc(C(F)(C(F)(F)F)C(F)(F)C(F)(F)F)cc2C(F)(F)F)c1F)c1ccccc1F. The van der Waals surface area contributed by atoms with Crippen LogP contribution in [-0.2, 0) is 11.8 Å². The van der Waals surface area contributed by atoms with E-state index in [9.17, 15) is 66.7 Å². The third kappa shape index (κ3) is 6.18. The molecule has 3 aromatic rings. The summed E-state index contributed by atoms with van der Waals surface area (Å²) in [7, 11) is 0. The summed E-state index contributed by atoms with van der Waals surface area (Å²) >= 11 is 2.21. The molecule has 238 valence electrons. The number of nitrogens with one attached hydrogen (secondary N) is 2. The zero-order chi connectivity index (χ0) is 33.6. The lowest BCUT2D eigenvalue weighted by Crippen LogP contribution is -2.59. The Bertz CT molecular complexity index is 1600. The summed E-state index contributed by atoms with van der Waals surface area (Å²) in [5.41, 5.74) is -16.3. The van der Waals surface area contributed by atoms with Gasteiger partial charge in [-0.15, -0.1) is 0 Å². The third-order valence-electron chi connectivity index (χ3n) is 5.82. The van der Waals surface area contributed by atoms with Crippen LogP contribution in [0.25, 0.3) is 0 Å². The van der Waals surface area contributed by atoms with Gasteiger partial charge in [0.1, 0.15) is 5.82 Å². The second-order valence-corrected chi connectivity index (χ2v) is 9.52. The molecule has 0 aliphatic heterocycles. The predicted molar refractivity (Wildman–Crippen MR) is 128 cm³/mol. The Morgan fingerprint density at radius 2 is 1.20 bits per heavy atom. The van der Waals surface area contributed by atoms with Gasteiger partial charge in [-0.25, -0.2) is 13.2 Å². The summed E-state index contributed by atoms with van der Waals surface area (Å²) in [4.78, 5) is 25.0. The van der Waals surface area contributed by atoms with E-state index in [1.165, 1.54) is 17.4 Å². The summed E-state index contributed by atoms with van der Waals surface area (Å²) in [6.45, 7) is 0. The molecule has 0 heterocycles. The van der Waals surface area contributed by atoms with Gasteiger partial charge in [0.25, 0.3) is 11.8 Å². The maximum absolute atomic E-state index is 15.1. The molecule has 1 unspecified atom stereocenters. The van der Waals surface area contributed by atoms with E-state index in [1.54, 1.807) is 0 Å². The first-order chi connectivity index (χ1) is 19.9. The fraction of sp³-hybridized carbons (Fsp3) is 0.200. The molecule has 0 aliphatic carbocycles. The Morgan fingerprint density at radius 3 is 1.73 bits per heavy atom. The second kappa shape index (κ2) is 11.6. The summed E-state index contributed by atoms with van der Waals surface area (Å²) in [5, 5.41) is 3.32. The Balaban J connectivity index is 2.10. The molecule has 4 nitrogen and oxygen atoms in total. The highest BCUT2D eigenvalue weighted by molar-refractivity contribution is 9.10. The van der Waals surface area contributed by atoms with E-state index in [0.29, 0.717) is 6.07 Å².